The monoisotopic (exact) mass is 236 g/mol. The van der Waals surface area contributed by atoms with Gasteiger partial charge in [0.05, 0.1) is 12.0 Å². The van der Waals surface area contributed by atoms with Gasteiger partial charge in [-0.15, -0.1) is 0 Å². The van der Waals surface area contributed by atoms with E-state index in [0.717, 1.165) is 24.5 Å². The van der Waals surface area contributed by atoms with Crippen LogP contribution < -0.4 is 0 Å². The van der Waals surface area contributed by atoms with Crippen LogP contribution in [-0.2, 0) is 6.42 Å². The summed E-state index contributed by atoms with van der Waals surface area (Å²) >= 11 is 5.82. The summed E-state index contributed by atoms with van der Waals surface area (Å²) in [5, 5.41) is 9.48. The third-order valence-corrected chi connectivity index (χ3v) is 2.75. The highest BCUT2D eigenvalue weighted by Gasteiger charge is 2.04. The molecule has 0 aliphatic carbocycles. The normalized spacial score (nSPS) is 12.4. The molecule has 1 aromatic carbocycles. The van der Waals surface area contributed by atoms with Crippen molar-refractivity contribution in [3.63, 3.8) is 0 Å². The smallest absolute Gasteiger partial charge is 0.0666 e. The number of nitrogens with zero attached hydrogens (tertiary/aromatic N) is 2. The fourth-order valence-electron chi connectivity index (χ4n) is 1.57. The van der Waals surface area contributed by atoms with Gasteiger partial charge in [-0.05, 0) is 38.1 Å². The molecular formula is C13H17ClN2. The van der Waals surface area contributed by atoms with Gasteiger partial charge in [-0.1, -0.05) is 23.7 Å². The van der Waals surface area contributed by atoms with Crippen LogP contribution in [0.15, 0.2) is 24.3 Å². The molecule has 0 aromatic heterocycles. The fourth-order valence-corrected chi connectivity index (χ4v) is 1.70. The summed E-state index contributed by atoms with van der Waals surface area (Å²) in [7, 11) is 2.05. The Morgan fingerprint density at radius 1 is 1.38 bits per heavy atom. The van der Waals surface area contributed by atoms with Crippen LogP contribution in [-0.4, -0.2) is 25.0 Å². The lowest BCUT2D eigenvalue weighted by Gasteiger charge is -2.17. The molecule has 86 valence electrons. The molecule has 2 nitrogen and oxygen atoms in total. The van der Waals surface area contributed by atoms with Crippen LogP contribution in [0.3, 0.4) is 0 Å². The van der Waals surface area contributed by atoms with Crippen molar-refractivity contribution in [2.75, 3.05) is 20.1 Å². The molecule has 0 saturated heterocycles. The minimum Gasteiger partial charge on any atom is -0.305 e. The van der Waals surface area contributed by atoms with E-state index < -0.39 is 0 Å². The van der Waals surface area contributed by atoms with E-state index in [9.17, 15) is 0 Å². The molecular weight excluding hydrogens is 220 g/mol. The van der Waals surface area contributed by atoms with E-state index in [1.165, 1.54) is 5.56 Å². The Morgan fingerprint density at radius 3 is 2.56 bits per heavy atom. The van der Waals surface area contributed by atoms with Crippen LogP contribution in [0.1, 0.15) is 12.5 Å². The number of likely N-dealkylation sites (N-methyl/N-ethyl adjacent to an activating group) is 1. The SMILES string of the molecule is CC(C#N)CN(C)CCc1ccc(Cl)cc1. The number of benzene rings is 1. The zero-order valence-corrected chi connectivity index (χ0v) is 10.5. The van der Waals surface area contributed by atoms with E-state index in [2.05, 4.69) is 11.0 Å². The van der Waals surface area contributed by atoms with Crippen LogP contribution in [0.4, 0.5) is 0 Å². The van der Waals surface area contributed by atoms with Gasteiger partial charge in [-0.25, -0.2) is 0 Å². The molecule has 0 bridgehead atoms. The Morgan fingerprint density at radius 2 is 2.00 bits per heavy atom. The molecule has 16 heavy (non-hydrogen) atoms. The average Bonchev–Trinajstić information content (AvgIpc) is 2.28. The first-order chi connectivity index (χ1) is 7.61. The van der Waals surface area contributed by atoms with Crippen LogP contribution in [0, 0.1) is 17.2 Å². The van der Waals surface area contributed by atoms with Crippen molar-refractivity contribution in [2.24, 2.45) is 5.92 Å². The molecule has 1 atom stereocenters. The van der Waals surface area contributed by atoms with Crippen molar-refractivity contribution in [3.05, 3.63) is 34.9 Å². The molecule has 0 heterocycles. The van der Waals surface area contributed by atoms with Gasteiger partial charge in [0.2, 0.25) is 0 Å². The zero-order chi connectivity index (χ0) is 12.0. The summed E-state index contributed by atoms with van der Waals surface area (Å²) in [5.74, 6) is 0.0928. The second-order valence-electron chi connectivity index (χ2n) is 4.17. The van der Waals surface area contributed by atoms with Crippen molar-refractivity contribution in [3.8, 4) is 6.07 Å². The first-order valence-corrected chi connectivity index (χ1v) is 5.82. The minimum absolute atomic E-state index is 0.0928. The van der Waals surface area contributed by atoms with Crippen molar-refractivity contribution < 1.29 is 0 Å². The zero-order valence-electron chi connectivity index (χ0n) is 9.78. The highest BCUT2D eigenvalue weighted by atomic mass is 35.5. The standard InChI is InChI=1S/C13H17ClN2/c1-11(9-15)10-16(2)8-7-12-3-5-13(14)6-4-12/h3-6,11H,7-8,10H2,1-2H3. The number of halogens is 1. The first kappa shape index (κ1) is 13.0. The van der Waals surface area contributed by atoms with Crippen LogP contribution in [0.5, 0.6) is 0 Å². The van der Waals surface area contributed by atoms with Crippen LogP contribution >= 0.6 is 11.6 Å². The minimum atomic E-state index is 0.0928. The van der Waals surface area contributed by atoms with E-state index in [-0.39, 0.29) is 5.92 Å². The Balaban J connectivity index is 2.34. The number of hydrogen-bond acceptors (Lipinski definition) is 2. The van der Waals surface area contributed by atoms with Gasteiger partial charge < -0.3 is 4.90 Å². The molecule has 0 fully saturated rings. The molecule has 1 aromatic rings. The van der Waals surface area contributed by atoms with Crippen molar-refractivity contribution >= 4 is 11.6 Å². The maximum Gasteiger partial charge on any atom is 0.0666 e. The van der Waals surface area contributed by atoms with Gasteiger partial charge in [0, 0.05) is 18.1 Å². The average molecular weight is 237 g/mol. The van der Waals surface area contributed by atoms with Crippen molar-refractivity contribution in [2.45, 2.75) is 13.3 Å². The lowest BCUT2D eigenvalue weighted by Crippen LogP contribution is -2.26. The molecule has 3 heteroatoms. The van der Waals surface area contributed by atoms with E-state index in [1.54, 1.807) is 0 Å². The molecule has 0 aliphatic heterocycles. The number of hydrogen-bond donors (Lipinski definition) is 0. The Bertz CT molecular complexity index is 353. The Kier molecular flexibility index (Phi) is 5.31. The second-order valence-corrected chi connectivity index (χ2v) is 4.61. The van der Waals surface area contributed by atoms with E-state index in [0.29, 0.717) is 0 Å². The predicted molar refractivity (Wildman–Crippen MR) is 67.4 cm³/mol. The van der Waals surface area contributed by atoms with Crippen molar-refractivity contribution in [1.29, 1.82) is 5.26 Å². The summed E-state index contributed by atoms with van der Waals surface area (Å²) in [6.45, 7) is 3.73. The summed E-state index contributed by atoms with van der Waals surface area (Å²) in [6.07, 6.45) is 0.992. The molecule has 0 saturated carbocycles. The summed E-state index contributed by atoms with van der Waals surface area (Å²) in [4.78, 5) is 2.18. The topological polar surface area (TPSA) is 27.0 Å². The molecule has 0 aliphatic rings. The number of nitriles is 1. The van der Waals surface area contributed by atoms with Gasteiger partial charge in [0.15, 0.2) is 0 Å². The van der Waals surface area contributed by atoms with Gasteiger partial charge in [0.1, 0.15) is 0 Å². The Labute approximate surface area is 102 Å². The maximum atomic E-state index is 8.71. The van der Waals surface area contributed by atoms with E-state index in [1.807, 2.05) is 38.2 Å². The molecule has 1 rings (SSSR count). The third-order valence-electron chi connectivity index (χ3n) is 2.50. The van der Waals surface area contributed by atoms with Gasteiger partial charge in [0.25, 0.3) is 0 Å². The van der Waals surface area contributed by atoms with Gasteiger partial charge in [-0.2, -0.15) is 5.26 Å². The van der Waals surface area contributed by atoms with Crippen molar-refractivity contribution in [1.82, 2.24) is 4.90 Å². The largest absolute Gasteiger partial charge is 0.305 e. The van der Waals surface area contributed by atoms with E-state index in [4.69, 9.17) is 16.9 Å². The van der Waals surface area contributed by atoms with Crippen LogP contribution in [0.2, 0.25) is 5.02 Å². The summed E-state index contributed by atoms with van der Waals surface area (Å²) < 4.78 is 0. The molecule has 0 radical (unpaired) electrons. The van der Waals surface area contributed by atoms with E-state index >= 15 is 0 Å². The second kappa shape index (κ2) is 6.52. The Hall–Kier alpha value is -1.04. The highest BCUT2D eigenvalue weighted by molar-refractivity contribution is 6.30. The molecule has 0 N–H and O–H groups in total. The number of rotatable bonds is 5. The van der Waals surface area contributed by atoms with Gasteiger partial charge in [-0.3, -0.25) is 0 Å². The third kappa shape index (κ3) is 4.65. The predicted octanol–water partition coefficient (Wildman–Crippen LogP) is 2.97. The first-order valence-electron chi connectivity index (χ1n) is 5.44. The van der Waals surface area contributed by atoms with Crippen LogP contribution in [0.25, 0.3) is 0 Å². The summed E-state index contributed by atoms with van der Waals surface area (Å²) in [5.41, 5.74) is 1.28. The maximum absolute atomic E-state index is 8.71. The summed E-state index contributed by atoms with van der Waals surface area (Å²) in [6, 6.07) is 10.2. The molecule has 0 spiro atoms. The molecule has 1 unspecified atom stereocenters. The highest BCUT2D eigenvalue weighted by Crippen LogP contribution is 2.10. The lowest BCUT2D eigenvalue weighted by atomic mass is 10.1. The quantitative estimate of drug-likeness (QED) is 0.786. The fraction of sp³-hybridized carbons (Fsp3) is 0.462. The molecule has 0 amide bonds. The lowest BCUT2D eigenvalue weighted by molar-refractivity contribution is 0.314. The van der Waals surface area contributed by atoms with Gasteiger partial charge >= 0.3 is 0 Å².